The third-order valence-corrected chi connectivity index (χ3v) is 4.78. The topological polar surface area (TPSA) is 9.23 Å². The van der Waals surface area contributed by atoms with Crippen molar-refractivity contribution in [2.75, 3.05) is 6.61 Å². The lowest BCUT2D eigenvalue weighted by Crippen LogP contribution is -1.75. The molecule has 0 aliphatic rings. The van der Waals surface area contributed by atoms with E-state index in [2.05, 4.69) is 24.4 Å². The van der Waals surface area contributed by atoms with E-state index in [0.29, 0.717) is 0 Å². The van der Waals surface area contributed by atoms with Gasteiger partial charge in [-0.15, -0.1) is 12.2 Å². The molecule has 0 fully saturated rings. The molecule has 0 radical (unpaired) electrons. The normalized spacial score (nSPS) is 12.8. The van der Waals surface area contributed by atoms with Crippen molar-refractivity contribution in [3.63, 3.8) is 0 Å². The molecule has 0 saturated heterocycles. The zero-order chi connectivity index (χ0) is 8.81. The van der Waals surface area contributed by atoms with Crippen LogP contribution in [0.2, 0.25) is 0 Å². The van der Waals surface area contributed by atoms with Gasteiger partial charge in [-0.1, -0.05) is 29.6 Å². The second kappa shape index (κ2) is 5.87. The van der Waals surface area contributed by atoms with E-state index in [0.717, 1.165) is 6.61 Å². The second-order valence-corrected chi connectivity index (χ2v) is 6.89. The summed E-state index contributed by atoms with van der Waals surface area (Å²) < 4.78 is 5.34. The van der Waals surface area contributed by atoms with Crippen molar-refractivity contribution in [1.29, 1.82) is 0 Å². The van der Waals surface area contributed by atoms with Crippen molar-refractivity contribution in [2.45, 2.75) is 11.8 Å². The van der Waals surface area contributed by atoms with Gasteiger partial charge in [0.05, 0.1) is 6.61 Å². The van der Waals surface area contributed by atoms with Crippen LogP contribution in [-0.4, -0.2) is 6.61 Å². The highest BCUT2D eigenvalue weighted by molar-refractivity contribution is 8.82. The van der Waals surface area contributed by atoms with Crippen LogP contribution in [0.5, 0.6) is 0 Å². The van der Waals surface area contributed by atoms with Gasteiger partial charge in [0.2, 0.25) is 0 Å². The van der Waals surface area contributed by atoms with Crippen molar-refractivity contribution in [3.8, 4) is 0 Å². The van der Waals surface area contributed by atoms with Crippen LogP contribution in [0.25, 0.3) is 0 Å². The van der Waals surface area contributed by atoms with E-state index < -0.39 is 6.55 Å². The van der Waals surface area contributed by atoms with Gasteiger partial charge in [-0.25, -0.2) is 0 Å². The smallest absolute Gasteiger partial charge is 0.153 e. The van der Waals surface area contributed by atoms with Crippen molar-refractivity contribution in [2.24, 2.45) is 0 Å². The highest BCUT2D eigenvalue weighted by Crippen LogP contribution is 2.58. The Balaban J connectivity index is 2.41. The maximum atomic E-state index is 5.34. The highest BCUT2D eigenvalue weighted by Gasteiger charge is 2.03. The number of rotatable bonds is 4. The number of hydrogen-bond acceptors (Lipinski definition) is 3. The molecule has 0 amide bonds. The first-order valence-corrected chi connectivity index (χ1v) is 7.51. The molecular formula is C8H11OPS2. The van der Waals surface area contributed by atoms with Crippen LogP contribution in [0.1, 0.15) is 6.92 Å². The molecule has 0 spiro atoms. The van der Waals surface area contributed by atoms with Gasteiger partial charge in [-0.2, -0.15) is 0 Å². The van der Waals surface area contributed by atoms with Crippen LogP contribution in [0.4, 0.5) is 0 Å². The molecule has 1 nitrogen and oxygen atoms in total. The van der Waals surface area contributed by atoms with Crippen molar-refractivity contribution in [3.05, 3.63) is 30.3 Å². The van der Waals surface area contributed by atoms with Crippen LogP contribution < -0.4 is 0 Å². The van der Waals surface area contributed by atoms with Crippen molar-refractivity contribution < 1.29 is 4.52 Å². The second-order valence-electron chi connectivity index (χ2n) is 2.06. The summed E-state index contributed by atoms with van der Waals surface area (Å²) in [5.41, 5.74) is 0. The molecular weight excluding hydrogens is 207 g/mol. The van der Waals surface area contributed by atoms with Gasteiger partial charge in [-0.05, 0) is 19.1 Å². The van der Waals surface area contributed by atoms with Gasteiger partial charge >= 0.3 is 0 Å². The van der Waals surface area contributed by atoms with E-state index >= 15 is 0 Å². The Labute approximate surface area is 83.6 Å². The average molecular weight is 218 g/mol. The van der Waals surface area contributed by atoms with Crippen molar-refractivity contribution in [1.82, 2.24) is 0 Å². The maximum absolute atomic E-state index is 5.34. The van der Waals surface area contributed by atoms with Crippen LogP contribution in [-0.2, 0) is 4.52 Å². The standard InChI is InChI=1S/C8H11OPS2/c1-2-9-10(11)12-8-6-4-3-5-7-8/h3-7,11H,2H2,1H3. The lowest BCUT2D eigenvalue weighted by molar-refractivity contribution is 0.395. The van der Waals surface area contributed by atoms with Gasteiger partial charge in [0.1, 0.15) is 0 Å². The summed E-state index contributed by atoms with van der Waals surface area (Å²) >= 11 is 6.00. The predicted octanol–water partition coefficient (Wildman–Crippen LogP) is 3.97. The predicted molar refractivity (Wildman–Crippen MR) is 59.8 cm³/mol. The maximum Gasteiger partial charge on any atom is 0.153 e. The molecule has 66 valence electrons. The first-order valence-electron chi connectivity index (χ1n) is 3.68. The quantitative estimate of drug-likeness (QED) is 0.604. The van der Waals surface area contributed by atoms with E-state index in [1.807, 2.05) is 25.1 Å². The van der Waals surface area contributed by atoms with E-state index in [1.165, 1.54) is 4.90 Å². The first kappa shape index (κ1) is 10.4. The molecule has 1 aromatic rings. The highest BCUT2D eigenvalue weighted by atomic mass is 33.1. The Bertz CT molecular complexity index is 218. The van der Waals surface area contributed by atoms with Crippen LogP contribution in [0.15, 0.2) is 35.2 Å². The van der Waals surface area contributed by atoms with Crippen molar-refractivity contribution >= 4 is 30.2 Å². The molecule has 1 aromatic carbocycles. The summed E-state index contributed by atoms with van der Waals surface area (Å²) in [7, 11) is 0. The molecule has 1 atom stereocenters. The molecule has 0 heterocycles. The first-order chi connectivity index (χ1) is 5.83. The SMILES string of the molecule is CCOP(S)Sc1ccccc1. The molecule has 0 N–H and O–H groups in total. The Morgan fingerprint density at radius 2 is 2.08 bits per heavy atom. The number of hydrogen-bond donors (Lipinski definition) is 1. The zero-order valence-electron chi connectivity index (χ0n) is 6.80. The van der Waals surface area contributed by atoms with Crippen LogP contribution in [0.3, 0.4) is 0 Å². The molecule has 1 unspecified atom stereocenters. The summed E-state index contributed by atoms with van der Waals surface area (Å²) in [4.78, 5) is 1.21. The Kier molecular flexibility index (Phi) is 5.08. The number of benzene rings is 1. The van der Waals surface area contributed by atoms with Crippen LogP contribution in [0, 0.1) is 0 Å². The molecule has 0 aliphatic carbocycles. The molecule has 1 rings (SSSR count). The van der Waals surface area contributed by atoms with E-state index in [9.17, 15) is 0 Å². The molecule has 0 saturated carbocycles. The third-order valence-electron chi connectivity index (χ3n) is 1.17. The average Bonchev–Trinajstić information content (AvgIpc) is 2.06. The zero-order valence-corrected chi connectivity index (χ0v) is 9.41. The Morgan fingerprint density at radius 1 is 1.42 bits per heavy atom. The number of thiol groups is 1. The molecule has 12 heavy (non-hydrogen) atoms. The fourth-order valence-corrected chi connectivity index (χ4v) is 4.02. The van der Waals surface area contributed by atoms with Crippen LogP contribution >= 0.6 is 30.2 Å². The molecule has 0 aromatic heterocycles. The lowest BCUT2D eigenvalue weighted by atomic mass is 10.4. The molecule has 0 bridgehead atoms. The summed E-state index contributed by atoms with van der Waals surface area (Å²) in [6.07, 6.45) is 0. The van der Waals surface area contributed by atoms with Gasteiger partial charge < -0.3 is 4.52 Å². The van der Waals surface area contributed by atoms with Gasteiger partial charge in [0.15, 0.2) is 6.55 Å². The fourth-order valence-electron chi connectivity index (χ4n) is 0.708. The summed E-state index contributed by atoms with van der Waals surface area (Å²) in [5, 5.41) is 0. The summed E-state index contributed by atoms with van der Waals surface area (Å²) in [6, 6.07) is 10.2. The van der Waals surface area contributed by atoms with Gasteiger partial charge in [-0.3, -0.25) is 0 Å². The molecule has 4 heteroatoms. The third kappa shape index (κ3) is 3.81. The summed E-state index contributed by atoms with van der Waals surface area (Å²) in [5.74, 6) is 0. The minimum Gasteiger partial charge on any atom is -0.339 e. The largest absolute Gasteiger partial charge is 0.339 e. The minimum absolute atomic E-state index is 0.646. The lowest BCUT2D eigenvalue weighted by Gasteiger charge is -2.08. The summed E-state index contributed by atoms with van der Waals surface area (Å²) in [6.45, 7) is 2.07. The Hall–Kier alpha value is 0.310. The minimum atomic E-state index is -0.646. The monoisotopic (exact) mass is 218 g/mol. The van der Waals surface area contributed by atoms with E-state index in [1.54, 1.807) is 11.4 Å². The Morgan fingerprint density at radius 3 is 2.67 bits per heavy atom. The molecule has 0 aliphatic heterocycles. The van der Waals surface area contributed by atoms with E-state index in [4.69, 9.17) is 4.52 Å². The fraction of sp³-hybridized carbons (Fsp3) is 0.250. The van der Waals surface area contributed by atoms with Gasteiger partial charge in [0, 0.05) is 4.90 Å². The van der Waals surface area contributed by atoms with Gasteiger partial charge in [0.25, 0.3) is 0 Å². The van der Waals surface area contributed by atoms with E-state index in [-0.39, 0.29) is 0 Å².